The van der Waals surface area contributed by atoms with E-state index in [1.165, 1.54) is 36.4 Å². The quantitative estimate of drug-likeness (QED) is 0.430. The summed E-state index contributed by atoms with van der Waals surface area (Å²) in [5.74, 6) is -1.40. The molecule has 0 fully saturated rings. The third-order valence-electron chi connectivity index (χ3n) is 3.84. The van der Waals surface area contributed by atoms with Crippen molar-refractivity contribution in [2.24, 2.45) is 0 Å². The number of aromatic hydroxyl groups is 1. The van der Waals surface area contributed by atoms with Crippen LogP contribution in [0.25, 0.3) is 33.1 Å². The summed E-state index contributed by atoms with van der Waals surface area (Å²) in [5.41, 5.74) is 0.0939. The largest absolute Gasteiger partial charge is 0.508 e. The van der Waals surface area contributed by atoms with Crippen LogP contribution in [0.3, 0.4) is 0 Å². The number of hydrogen-bond donors (Lipinski definition) is 1. The van der Waals surface area contributed by atoms with Crippen LogP contribution in [0.15, 0.2) is 42.5 Å². The minimum atomic E-state index is -0.714. The lowest BCUT2D eigenvalue weighted by atomic mass is 10.00. The fourth-order valence-corrected chi connectivity index (χ4v) is 3.29. The van der Waals surface area contributed by atoms with Crippen LogP contribution in [0.2, 0.25) is 10.2 Å². The van der Waals surface area contributed by atoms with Crippen LogP contribution in [0.5, 0.6) is 5.75 Å². The summed E-state index contributed by atoms with van der Waals surface area (Å²) in [7, 11) is 0. The van der Waals surface area contributed by atoms with Crippen molar-refractivity contribution in [1.29, 1.82) is 0 Å². The van der Waals surface area contributed by atoms with Gasteiger partial charge >= 0.3 is 0 Å². The molecule has 4 rings (SSSR count). The van der Waals surface area contributed by atoms with Crippen molar-refractivity contribution in [2.45, 2.75) is 0 Å². The predicted molar refractivity (Wildman–Crippen MR) is 94.1 cm³/mol. The van der Waals surface area contributed by atoms with Gasteiger partial charge in [-0.1, -0.05) is 35.3 Å². The molecule has 0 spiro atoms. The number of phenolic OH excluding ortho intramolecular Hbond substituents is 1. The molecule has 0 aliphatic rings. The Bertz CT molecular complexity index is 1170. The molecular weight excluding hydrogens is 369 g/mol. The van der Waals surface area contributed by atoms with Crippen LogP contribution < -0.4 is 0 Å². The van der Waals surface area contributed by atoms with Crippen molar-refractivity contribution >= 4 is 45.0 Å². The van der Waals surface area contributed by atoms with E-state index >= 15 is 0 Å². The number of rotatable bonds is 1. The van der Waals surface area contributed by atoms with Gasteiger partial charge in [-0.05, 0) is 35.7 Å². The van der Waals surface area contributed by atoms with Gasteiger partial charge in [-0.2, -0.15) is 0 Å². The number of halogens is 4. The second kappa shape index (κ2) is 5.79. The molecule has 2 aromatic heterocycles. The van der Waals surface area contributed by atoms with Crippen molar-refractivity contribution in [3.05, 3.63) is 64.3 Å². The normalized spacial score (nSPS) is 11.4. The van der Waals surface area contributed by atoms with E-state index < -0.39 is 11.6 Å². The molecule has 1 N–H and O–H groups in total. The third kappa shape index (κ3) is 2.65. The standard InChI is InChI=1S/C18H8Cl2F2N2O/c19-12-7-15(20)23-18-10(12)6-14(22)17(24-18)11-5-9(25)4-8-2-1-3-13(21)16(8)11/h1-7,25H. The number of phenols is 1. The van der Waals surface area contributed by atoms with Gasteiger partial charge in [-0.15, -0.1) is 0 Å². The lowest BCUT2D eigenvalue weighted by molar-refractivity contribution is 0.476. The Morgan fingerprint density at radius 3 is 2.52 bits per heavy atom. The van der Waals surface area contributed by atoms with Gasteiger partial charge in [0, 0.05) is 16.3 Å². The van der Waals surface area contributed by atoms with Gasteiger partial charge in [0.15, 0.2) is 5.65 Å². The Balaban J connectivity index is 2.12. The van der Waals surface area contributed by atoms with Crippen LogP contribution in [-0.2, 0) is 0 Å². The maximum atomic E-state index is 14.7. The molecular formula is C18H8Cl2F2N2O. The average molecular weight is 377 g/mol. The number of benzene rings is 2. The summed E-state index contributed by atoms with van der Waals surface area (Å²) in [5, 5.41) is 11.1. The van der Waals surface area contributed by atoms with E-state index in [9.17, 15) is 13.9 Å². The van der Waals surface area contributed by atoms with Crippen LogP contribution in [-0.4, -0.2) is 15.1 Å². The molecule has 0 saturated heterocycles. The molecule has 2 aromatic carbocycles. The number of pyridine rings is 2. The van der Waals surface area contributed by atoms with E-state index in [1.54, 1.807) is 6.07 Å². The lowest BCUT2D eigenvalue weighted by Crippen LogP contribution is -1.96. The highest BCUT2D eigenvalue weighted by Crippen LogP contribution is 2.36. The molecule has 124 valence electrons. The molecule has 0 aliphatic carbocycles. The summed E-state index contributed by atoms with van der Waals surface area (Å²) in [4.78, 5) is 8.20. The van der Waals surface area contributed by atoms with Crippen molar-refractivity contribution in [2.75, 3.05) is 0 Å². The fraction of sp³-hybridized carbons (Fsp3) is 0. The zero-order valence-corrected chi connectivity index (χ0v) is 13.9. The van der Waals surface area contributed by atoms with Crippen molar-refractivity contribution in [1.82, 2.24) is 9.97 Å². The predicted octanol–water partition coefficient (Wildman–Crippen LogP) is 5.74. The van der Waals surface area contributed by atoms with Crippen LogP contribution >= 0.6 is 23.2 Å². The first-order chi connectivity index (χ1) is 11.9. The Morgan fingerprint density at radius 1 is 0.920 bits per heavy atom. The van der Waals surface area contributed by atoms with Gasteiger partial charge < -0.3 is 5.11 Å². The third-order valence-corrected chi connectivity index (χ3v) is 4.34. The number of nitrogens with zero attached hydrogens (tertiary/aromatic N) is 2. The molecule has 4 aromatic rings. The van der Waals surface area contributed by atoms with E-state index in [1.807, 2.05) is 0 Å². The highest BCUT2D eigenvalue weighted by atomic mass is 35.5. The van der Waals surface area contributed by atoms with Gasteiger partial charge in [0.25, 0.3) is 0 Å². The first-order valence-corrected chi connectivity index (χ1v) is 7.93. The summed E-state index contributed by atoms with van der Waals surface area (Å²) in [6.07, 6.45) is 0. The van der Waals surface area contributed by atoms with Crippen molar-refractivity contribution < 1.29 is 13.9 Å². The maximum Gasteiger partial charge on any atom is 0.163 e. The Morgan fingerprint density at radius 2 is 1.72 bits per heavy atom. The lowest BCUT2D eigenvalue weighted by Gasteiger charge is -2.11. The average Bonchev–Trinajstić information content (AvgIpc) is 2.54. The van der Waals surface area contributed by atoms with E-state index in [4.69, 9.17) is 23.2 Å². The molecule has 0 aliphatic heterocycles. The second-order valence-electron chi connectivity index (χ2n) is 5.45. The van der Waals surface area contributed by atoms with Gasteiger partial charge in [0.2, 0.25) is 0 Å². The molecule has 0 radical (unpaired) electrons. The van der Waals surface area contributed by atoms with Crippen LogP contribution in [0.1, 0.15) is 0 Å². The van der Waals surface area contributed by atoms with Crippen molar-refractivity contribution in [3.8, 4) is 17.0 Å². The molecule has 2 heterocycles. The number of hydrogen-bond acceptors (Lipinski definition) is 3. The zero-order valence-electron chi connectivity index (χ0n) is 12.4. The maximum absolute atomic E-state index is 14.7. The first kappa shape index (κ1) is 16.0. The summed E-state index contributed by atoms with van der Waals surface area (Å²) in [6, 6.07) is 9.59. The van der Waals surface area contributed by atoms with Crippen molar-refractivity contribution in [3.63, 3.8) is 0 Å². The molecule has 0 atom stereocenters. The summed E-state index contributed by atoms with van der Waals surface area (Å²) < 4.78 is 29.0. The van der Waals surface area contributed by atoms with Gasteiger partial charge in [0.05, 0.1) is 5.02 Å². The Kier molecular flexibility index (Phi) is 3.71. The molecule has 7 heteroatoms. The first-order valence-electron chi connectivity index (χ1n) is 7.18. The summed E-state index contributed by atoms with van der Waals surface area (Å²) >= 11 is 11.9. The molecule has 3 nitrogen and oxygen atoms in total. The van der Waals surface area contributed by atoms with Gasteiger partial charge in [-0.25, -0.2) is 18.7 Å². The van der Waals surface area contributed by atoms with Crippen LogP contribution in [0, 0.1) is 11.6 Å². The minimum Gasteiger partial charge on any atom is -0.508 e. The van der Waals surface area contributed by atoms with Crippen LogP contribution in [0.4, 0.5) is 8.78 Å². The SMILES string of the molecule is Oc1cc(-c2nc3nc(Cl)cc(Cl)c3cc2F)c2c(F)cccc2c1. The monoisotopic (exact) mass is 376 g/mol. The number of aromatic nitrogens is 2. The number of fused-ring (bicyclic) bond motifs is 2. The van der Waals surface area contributed by atoms with E-state index in [0.717, 1.165) is 0 Å². The molecule has 0 unspecified atom stereocenters. The summed E-state index contributed by atoms with van der Waals surface area (Å²) in [6.45, 7) is 0. The van der Waals surface area contributed by atoms with E-state index in [-0.39, 0.29) is 43.6 Å². The van der Waals surface area contributed by atoms with Gasteiger partial charge in [-0.3, -0.25) is 0 Å². The molecule has 25 heavy (non-hydrogen) atoms. The molecule has 0 amide bonds. The molecule has 0 bridgehead atoms. The smallest absolute Gasteiger partial charge is 0.163 e. The minimum absolute atomic E-state index is 0.106. The highest BCUT2D eigenvalue weighted by molar-refractivity contribution is 6.37. The van der Waals surface area contributed by atoms with Gasteiger partial charge in [0.1, 0.15) is 28.2 Å². The zero-order chi connectivity index (χ0) is 17.7. The topological polar surface area (TPSA) is 46.0 Å². The molecule has 0 saturated carbocycles. The fourth-order valence-electron chi connectivity index (χ4n) is 2.80. The highest BCUT2D eigenvalue weighted by Gasteiger charge is 2.17. The second-order valence-corrected chi connectivity index (χ2v) is 6.24. The Labute approximate surface area is 150 Å². The Hall–Kier alpha value is -2.50. The van der Waals surface area contributed by atoms with E-state index in [0.29, 0.717) is 5.39 Å². The van der Waals surface area contributed by atoms with E-state index in [2.05, 4.69) is 9.97 Å².